The average Bonchev–Trinajstić information content (AvgIpc) is 3.26. The molecule has 1 unspecified atom stereocenters. The molecule has 1 fully saturated rings. The van der Waals surface area contributed by atoms with E-state index < -0.39 is 0 Å². The van der Waals surface area contributed by atoms with E-state index in [1.807, 2.05) is 30.9 Å². The Balaban J connectivity index is 1.46. The zero-order chi connectivity index (χ0) is 22.7. The lowest BCUT2D eigenvalue weighted by molar-refractivity contribution is -0.138. The zero-order valence-electron chi connectivity index (χ0n) is 18.8. The van der Waals surface area contributed by atoms with Crippen LogP contribution in [-0.2, 0) is 11.3 Å². The van der Waals surface area contributed by atoms with Crippen LogP contribution in [-0.4, -0.2) is 40.1 Å². The molecule has 0 radical (unpaired) electrons. The normalized spacial score (nSPS) is 16.4. The number of carbonyl (C=O) groups is 1. The van der Waals surface area contributed by atoms with E-state index >= 15 is 0 Å². The van der Waals surface area contributed by atoms with Crippen molar-refractivity contribution >= 4 is 23.2 Å². The van der Waals surface area contributed by atoms with E-state index in [2.05, 4.69) is 46.2 Å². The summed E-state index contributed by atoms with van der Waals surface area (Å²) in [7, 11) is 0. The van der Waals surface area contributed by atoms with E-state index in [1.165, 1.54) is 11.3 Å². The van der Waals surface area contributed by atoms with Gasteiger partial charge in [0.05, 0.1) is 5.92 Å². The second-order valence-corrected chi connectivity index (χ2v) is 9.14. The van der Waals surface area contributed by atoms with Crippen LogP contribution in [0, 0.1) is 12.8 Å². The summed E-state index contributed by atoms with van der Waals surface area (Å²) in [4.78, 5) is 22.2. The number of carbonyl (C=O) groups excluding carboxylic acids is 1. The van der Waals surface area contributed by atoms with Gasteiger partial charge in [0.15, 0.2) is 0 Å². The van der Waals surface area contributed by atoms with Crippen molar-refractivity contribution in [3.63, 3.8) is 0 Å². The minimum atomic E-state index is -0.0499. The topological polar surface area (TPSA) is 62.5 Å². The van der Waals surface area contributed by atoms with Gasteiger partial charge in [-0.3, -0.25) is 4.79 Å². The maximum Gasteiger partial charge on any atom is 0.246 e. The molecule has 0 aliphatic carbocycles. The van der Waals surface area contributed by atoms with Gasteiger partial charge in [-0.2, -0.15) is 4.98 Å². The Hall–Kier alpha value is -2.86. The van der Waals surface area contributed by atoms with Crippen molar-refractivity contribution in [3.8, 4) is 11.4 Å². The molecule has 3 aromatic rings. The van der Waals surface area contributed by atoms with E-state index in [0.717, 1.165) is 31.5 Å². The quantitative estimate of drug-likeness (QED) is 0.504. The van der Waals surface area contributed by atoms with E-state index in [0.29, 0.717) is 23.3 Å². The Morgan fingerprint density at radius 2 is 1.91 bits per heavy atom. The first-order valence-corrected chi connectivity index (χ1v) is 11.5. The van der Waals surface area contributed by atoms with E-state index in [4.69, 9.17) is 16.1 Å². The number of aryl methyl sites for hydroxylation is 1. The largest absolute Gasteiger partial charge is 0.371 e. The fourth-order valence-electron chi connectivity index (χ4n) is 4.10. The van der Waals surface area contributed by atoms with E-state index in [9.17, 15) is 4.79 Å². The molecule has 1 amide bonds. The van der Waals surface area contributed by atoms with Crippen molar-refractivity contribution in [2.75, 3.05) is 18.0 Å². The smallest absolute Gasteiger partial charge is 0.246 e. The van der Waals surface area contributed by atoms with Gasteiger partial charge in [-0.25, -0.2) is 0 Å². The predicted octanol–water partition coefficient (Wildman–Crippen LogP) is 5.35. The van der Waals surface area contributed by atoms with E-state index in [1.54, 1.807) is 12.1 Å². The molecule has 1 aliphatic heterocycles. The first-order valence-electron chi connectivity index (χ1n) is 11.1. The summed E-state index contributed by atoms with van der Waals surface area (Å²) in [6.45, 7) is 8.14. The fourth-order valence-corrected chi connectivity index (χ4v) is 4.23. The maximum absolute atomic E-state index is 13.5. The molecule has 2 heterocycles. The van der Waals surface area contributed by atoms with Crippen LogP contribution in [0.1, 0.15) is 38.1 Å². The molecule has 1 aliphatic rings. The standard InChI is InChI=1S/C25H29ClN4O2/c1-17(2)30(16-23-27-24(28-32-23)19-8-10-21(26)11-9-19)25(31)20-5-4-14-29(15-20)22-12-6-18(3)7-13-22/h6-13,17,20H,4-5,14-16H2,1-3H3. The molecule has 1 saturated heterocycles. The van der Waals surface area contributed by atoms with Crippen LogP contribution in [0.25, 0.3) is 11.4 Å². The summed E-state index contributed by atoms with van der Waals surface area (Å²) in [5.41, 5.74) is 3.24. The number of anilines is 1. The average molecular weight is 453 g/mol. The highest BCUT2D eigenvalue weighted by molar-refractivity contribution is 6.30. The molecular formula is C25H29ClN4O2. The van der Waals surface area contributed by atoms with E-state index in [-0.39, 0.29) is 17.9 Å². The summed E-state index contributed by atoms with van der Waals surface area (Å²) in [5.74, 6) is 1.02. The molecule has 0 saturated carbocycles. The van der Waals surface area contributed by atoms with Gasteiger partial charge in [0, 0.05) is 35.4 Å². The molecule has 6 nitrogen and oxygen atoms in total. The minimum absolute atomic E-state index is 0.0307. The van der Waals surface area contributed by atoms with Crippen LogP contribution in [0.3, 0.4) is 0 Å². The number of aromatic nitrogens is 2. The van der Waals surface area contributed by atoms with Crippen LogP contribution >= 0.6 is 11.6 Å². The molecule has 0 N–H and O–H groups in total. The molecule has 0 bridgehead atoms. The molecule has 168 valence electrons. The monoisotopic (exact) mass is 452 g/mol. The fraction of sp³-hybridized carbons (Fsp3) is 0.400. The minimum Gasteiger partial charge on any atom is -0.371 e. The van der Waals surface area contributed by atoms with Crippen molar-refractivity contribution < 1.29 is 9.32 Å². The second-order valence-electron chi connectivity index (χ2n) is 8.70. The van der Waals surface area contributed by atoms with Crippen molar-refractivity contribution in [2.45, 2.75) is 46.2 Å². The molecule has 0 spiro atoms. The highest BCUT2D eigenvalue weighted by Gasteiger charge is 2.31. The third-order valence-electron chi connectivity index (χ3n) is 5.95. The van der Waals surface area contributed by atoms with Gasteiger partial charge in [-0.1, -0.05) is 34.5 Å². The van der Waals surface area contributed by atoms with Gasteiger partial charge in [-0.05, 0) is 70.0 Å². The molecule has 1 aromatic heterocycles. The van der Waals surface area contributed by atoms with Gasteiger partial charge in [-0.15, -0.1) is 0 Å². The maximum atomic E-state index is 13.5. The number of nitrogens with zero attached hydrogens (tertiary/aromatic N) is 4. The first kappa shape index (κ1) is 22.3. The molecule has 7 heteroatoms. The van der Waals surface area contributed by atoms with Crippen LogP contribution in [0.4, 0.5) is 5.69 Å². The molecular weight excluding hydrogens is 424 g/mol. The van der Waals surface area contributed by atoms with Crippen LogP contribution in [0.2, 0.25) is 5.02 Å². The Labute approximate surface area is 194 Å². The number of amides is 1. The van der Waals surface area contributed by atoms with Gasteiger partial charge in [0.25, 0.3) is 0 Å². The SMILES string of the molecule is Cc1ccc(N2CCCC(C(=O)N(Cc3nc(-c4ccc(Cl)cc4)no3)C(C)C)C2)cc1. The summed E-state index contributed by atoms with van der Waals surface area (Å²) < 4.78 is 5.47. The summed E-state index contributed by atoms with van der Waals surface area (Å²) in [6.07, 6.45) is 1.89. The van der Waals surface area contributed by atoms with Gasteiger partial charge < -0.3 is 14.3 Å². The number of benzene rings is 2. The van der Waals surface area contributed by atoms with Gasteiger partial charge >= 0.3 is 0 Å². The van der Waals surface area contributed by atoms with Gasteiger partial charge in [0.1, 0.15) is 6.54 Å². The van der Waals surface area contributed by atoms with Crippen LogP contribution in [0.5, 0.6) is 0 Å². The third kappa shape index (κ3) is 5.13. The Bertz CT molecular complexity index is 1050. The van der Waals surface area contributed by atoms with Crippen LogP contribution < -0.4 is 4.90 Å². The van der Waals surface area contributed by atoms with Gasteiger partial charge in [0.2, 0.25) is 17.6 Å². The Morgan fingerprint density at radius 1 is 1.19 bits per heavy atom. The summed E-state index contributed by atoms with van der Waals surface area (Å²) in [5, 5.41) is 4.74. The lowest BCUT2D eigenvalue weighted by Gasteiger charge is -2.37. The second kappa shape index (κ2) is 9.74. The predicted molar refractivity (Wildman–Crippen MR) is 127 cm³/mol. The number of hydrogen-bond acceptors (Lipinski definition) is 5. The lowest BCUT2D eigenvalue weighted by Crippen LogP contribution is -2.47. The zero-order valence-corrected chi connectivity index (χ0v) is 19.5. The molecule has 2 aromatic carbocycles. The highest BCUT2D eigenvalue weighted by atomic mass is 35.5. The Kier molecular flexibility index (Phi) is 6.80. The Morgan fingerprint density at radius 3 is 2.59 bits per heavy atom. The number of halogens is 1. The van der Waals surface area contributed by atoms with Crippen molar-refractivity contribution in [3.05, 3.63) is 65.0 Å². The summed E-state index contributed by atoms with van der Waals surface area (Å²) >= 11 is 5.96. The first-order chi connectivity index (χ1) is 15.4. The third-order valence-corrected chi connectivity index (χ3v) is 6.20. The van der Waals surface area contributed by atoms with Crippen molar-refractivity contribution in [1.82, 2.24) is 15.0 Å². The molecule has 4 rings (SSSR count). The highest BCUT2D eigenvalue weighted by Crippen LogP contribution is 2.26. The molecule has 1 atom stereocenters. The molecule has 32 heavy (non-hydrogen) atoms. The van der Waals surface area contributed by atoms with Crippen molar-refractivity contribution in [2.24, 2.45) is 5.92 Å². The van der Waals surface area contributed by atoms with Crippen molar-refractivity contribution in [1.29, 1.82) is 0 Å². The summed E-state index contributed by atoms with van der Waals surface area (Å²) in [6, 6.07) is 15.8. The van der Waals surface area contributed by atoms with Crippen LogP contribution in [0.15, 0.2) is 53.1 Å². The lowest BCUT2D eigenvalue weighted by atomic mass is 9.95. The number of hydrogen-bond donors (Lipinski definition) is 0. The number of rotatable bonds is 6. The number of piperidine rings is 1.